The van der Waals surface area contributed by atoms with Crippen LogP contribution in [-0.2, 0) is 0 Å². The highest BCUT2D eigenvalue weighted by atomic mass is 35.5. The molecule has 0 aliphatic carbocycles. The Bertz CT molecular complexity index is 1060. The lowest BCUT2D eigenvalue weighted by Gasteiger charge is -2.33. The Kier molecular flexibility index (Phi) is 9.74. The summed E-state index contributed by atoms with van der Waals surface area (Å²) in [6, 6.07) is 7.82. The largest absolute Gasteiger partial charge is 0.496 e. The van der Waals surface area contributed by atoms with E-state index in [1.54, 1.807) is 24.3 Å². The molecule has 35 heavy (non-hydrogen) atoms. The van der Waals surface area contributed by atoms with Crippen molar-refractivity contribution in [3.63, 3.8) is 0 Å². The summed E-state index contributed by atoms with van der Waals surface area (Å²) in [5, 5.41) is 15.9. The third kappa shape index (κ3) is 7.54. The molecule has 1 aliphatic rings. The van der Waals surface area contributed by atoms with E-state index in [0.717, 1.165) is 38.0 Å². The Labute approximate surface area is 219 Å². The fourth-order valence-electron chi connectivity index (χ4n) is 4.17. The monoisotopic (exact) mass is 542 g/mol. The smallest absolute Gasteiger partial charge is 0.405 e. The minimum Gasteiger partial charge on any atom is -0.496 e. The molecule has 1 fully saturated rings. The first-order valence-electron chi connectivity index (χ1n) is 11.3. The maximum Gasteiger partial charge on any atom is 0.405 e. The number of carboxylic acid groups (broad SMARTS) is 1. The molecule has 1 heterocycles. The van der Waals surface area contributed by atoms with Gasteiger partial charge in [-0.2, -0.15) is 0 Å². The van der Waals surface area contributed by atoms with Crippen LogP contribution < -0.4 is 21.1 Å². The van der Waals surface area contributed by atoms with E-state index in [2.05, 4.69) is 15.5 Å². The SMILES string of the molecule is COc1cc(N)c(Cl)cc1C(=O)NCC1CCN(CCC(NC(=O)O)c2ccc(Cl)c(Cl)c2)CC1. The Balaban J connectivity index is 1.48. The molecule has 1 unspecified atom stereocenters. The van der Waals surface area contributed by atoms with Gasteiger partial charge in [-0.3, -0.25) is 4.79 Å². The molecule has 0 spiro atoms. The summed E-state index contributed by atoms with van der Waals surface area (Å²) in [5.41, 5.74) is 7.27. The number of methoxy groups -OCH3 is 1. The number of nitrogens with one attached hydrogen (secondary N) is 2. The van der Waals surface area contributed by atoms with Gasteiger partial charge in [0.25, 0.3) is 5.91 Å². The average molecular weight is 544 g/mol. The third-order valence-corrected chi connectivity index (χ3v) is 7.27. The first-order valence-corrected chi connectivity index (χ1v) is 12.4. The molecule has 0 bridgehead atoms. The first kappa shape index (κ1) is 27.2. The Morgan fingerprint density at radius 1 is 1.14 bits per heavy atom. The molecule has 2 amide bonds. The highest BCUT2D eigenvalue weighted by molar-refractivity contribution is 6.42. The number of halogens is 3. The van der Waals surface area contributed by atoms with Crippen molar-refractivity contribution >= 4 is 52.5 Å². The number of hydrogen-bond donors (Lipinski definition) is 4. The van der Waals surface area contributed by atoms with Gasteiger partial charge in [0.2, 0.25) is 0 Å². The maximum absolute atomic E-state index is 12.7. The molecule has 0 saturated carbocycles. The topological polar surface area (TPSA) is 117 Å². The second-order valence-corrected chi connectivity index (χ2v) is 9.75. The van der Waals surface area contributed by atoms with Crippen LogP contribution in [0.3, 0.4) is 0 Å². The van der Waals surface area contributed by atoms with Gasteiger partial charge in [0.1, 0.15) is 5.75 Å². The van der Waals surface area contributed by atoms with Crippen molar-refractivity contribution in [2.75, 3.05) is 39.0 Å². The average Bonchev–Trinajstić information content (AvgIpc) is 2.83. The number of hydrogen-bond acceptors (Lipinski definition) is 5. The third-order valence-electron chi connectivity index (χ3n) is 6.20. The Hall–Kier alpha value is -2.39. The van der Waals surface area contributed by atoms with Crippen LogP contribution in [0.1, 0.15) is 41.2 Å². The van der Waals surface area contributed by atoms with Crippen molar-refractivity contribution in [1.82, 2.24) is 15.5 Å². The van der Waals surface area contributed by atoms with E-state index in [-0.39, 0.29) is 11.9 Å². The van der Waals surface area contributed by atoms with Crippen LogP contribution in [-0.4, -0.2) is 55.3 Å². The molecule has 2 aromatic carbocycles. The van der Waals surface area contributed by atoms with E-state index in [0.29, 0.717) is 51.0 Å². The molecule has 2 aromatic rings. The number of amides is 2. The molecule has 1 saturated heterocycles. The van der Waals surface area contributed by atoms with Crippen molar-refractivity contribution in [3.05, 3.63) is 56.5 Å². The van der Waals surface area contributed by atoms with E-state index in [4.69, 9.17) is 45.3 Å². The predicted octanol–water partition coefficient (Wildman–Crippen LogP) is 5.08. The first-order chi connectivity index (χ1) is 16.7. The number of nitrogen functional groups attached to an aromatic ring is 1. The van der Waals surface area contributed by atoms with E-state index >= 15 is 0 Å². The number of carbonyl (C=O) groups excluding carboxylic acids is 1. The summed E-state index contributed by atoms with van der Waals surface area (Å²) in [6.07, 6.45) is 1.35. The number of piperidine rings is 1. The fourth-order valence-corrected chi connectivity index (χ4v) is 4.64. The van der Waals surface area contributed by atoms with Gasteiger partial charge in [-0.25, -0.2) is 4.79 Å². The highest BCUT2D eigenvalue weighted by Gasteiger charge is 2.23. The molecule has 0 aromatic heterocycles. The van der Waals surface area contributed by atoms with Gasteiger partial charge in [0, 0.05) is 19.2 Å². The molecule has 11 heteroatoms. The number of anilines is 1. The van der Waals surface area contributed by atoms with E-state index in [1.807, 2.05) is 0 Å². The number of ether oxygens (including phenoxy) is 1. The summed E-state index contributed by atoms with van der Waals surface area (Å²) in [5.74, 6) is 0.467. The lowest BCUT2D eigenvalue weighted by Crippen LogP contribution is -2.40. The molecule has 190 valence electrons. The van der Waals surface area contributed by atoms with Gasteiger partial charge in [-0.1, -0.05) is 40.9 Å². The number of nitrogens with two attached hydrogens (primary N) is 1. The maximum atomic E-state index is 12.7. The van der Waals surface area contributed by atoms with Crippen LogP contribution in [0, 0.1) is 5.92 Å². The van der Waals surface area contributed by atoms with Gasteiger partial charge in [0.05, 0.1) is 39.5 Å². The van der Waals surface area contributed by atoms with Crippen LogP contribution in [0.5, 0.6) is 5.75 Å². The van der Waals surface area contributed by atoms with Gasteiger partial charge in [-0.15, -0.1) is 0 Å². The van der Waals surface area contributed by atoms with Crippen molar-refractivity contribution in [2.45, 2.75) is 25.3 Å². The lowest BCUT2D eigenvalue weighted by atomic mass is 9.96. The number of benzene rings is 2. The zero-order valence-corrected chi connectivity index (χ0v) is 21.6. The van der Waals surface area contributed by atoms with Crippen molar-refractivity contribution in [2.24, 2.45) is 5.92 Å². The lowest BCUT2D eigenvalue weighted by molar-refractivity contribution is 0.0932. The highest BCUT2D eigenvalue weighted by Crippen LogP contribution is 2.30. The normalized spacial score (nSPS) is 15.4. The zero-order chi connectivity index (χ0) is 25.5. The second kappa shape index (κ2) is 12.5. The standard InChI is InChI=1S/C24H29Cl3N4O4/c1-35-22-12-20(28)19(27)11-16(22)23(32)29-13-14-4-7-31(8-5-14)9-6-21(30-24(33)34)15-2-3-17(25)18(26)10-15/h2-3,10-12,14,21,30H,4-9,13,28H2,1H3,(H,29,32)(H,33,34). The summed E-state index contributed by atoms with van der Waals surface area (Å²) >= 11 is 18.2. The second-order valence-electron chi connectivity index (χ2n) is 8.53. The van der Waals surface area contributed by atoms with Gasteiger partial charge in [-0.05, 0) is 62.0 Å². The molecular weight excluding hydrogens is 515 g/mol. The molecule has 1 atom stereocenters. The zero-order valence-electron chi connectivity index (χ0n) is 19.3. The summed E-state index contributed by atoms with van der Waals surface area (Å²) in [7, 11) is 1.48. The molecule has 3 rings (SSSR count). The Morgan fingerprint density at radius 2 is 1.86 bits per heavy atom. The number of likely N-dealkylation sites (tertiary alicyclic amines) is 1. The summed E-state index contributed by atoms with van der Waals surface area (Å²) in [6.45, 7) is 2.99. The van der Waals surface area contributed by atoms with Crippen LogP contribution >= 0.6 is 34.8 Å². The minimum atomic E-state index is -1.09. The predicted molar refractivity (Wildman–Crippen MR) is 139 cm³/mol. The number of carbonyl (C=O) groups is 2. The molecular formula is C24H29Cl3N4O4. The molecule has 0 radical (unpaired) electrons. The van der Waals surface area contributed by atoms with Crippen LogP contribution in [0.15, 0.2) is 30.3 Å². The fraction of sp³-hybridized carbons (Fsp3) is 0.417. The molecule has 8 nitrogen and oxygen atoms in total. The summed E-state index contributed by atoms with van der Waals surface area (Å²) in [4.78, 5) is 26.3. The van der Waals surface area contributed by atoms with Crippen LogP contribution in [0.25, 0.3) is 0 Å². The van der Waals surface area contributed by atoms with E-state index < -0.39 is 6.09 Å². The summed E-state index contributed by atoms with van der Waals surface area (Å²) < 4.78 is 5.26. The Morgan fingerprint density at radius 3 is 2.49 bits per heavy atom. The molecule has 5 N–H and O–H groups in total. The van der Waals surface area contributed by atoms with Crippen molar-refractivity contribution in [3.8, 4) is 5.75 Å². The van der Waals surface area contributed by atoms with Gasteiger partial charge < -0.3 is 31.1 Å². The van der Waals surface area contributed by atoms with Gasteiger partial charge in [0.15, 0.2) is 0 Å². The molecule has 1 aliphatic heterocycles. The number of nitrogens with zero attached hydrogens (tertiary/aromatic N) is 1. The van der Waals surface area contributed by atoms with Crippen molar-refractivity contribution < 1.29 is 19.4 Å². The van der Waals surface area contributed by atoms with Crippen molar-refractivity contribution in [1.29, 1.82) is 0 Å². The quantitative estimate of drug-likeness (QED) is 0.328. The van der Waals surface area contributed by atoms with Gasteiger partial charge >= 0.3 is 6.09 Å². The van der Waals surface area contributed by atoms with E-state index in [1.165, 1.54) is 13.2 Å². The minimum absolute atomic E-state index is 0.254. The van der Waals surface area contributed by atoms with E-state index in [9.17, 15) is 14.7 Å². The van der Waals surface area contributed by atoms with Crippen LogP contribution in [0.2, 0.25) is 15.1 Å². The number of rotatable bonds is 9. The van der Waals surface area contributed by atoms with Crippen LogP contribution in [0.4, 0.5) is 10.5 Å².